The molecule has 8 heteroatoms. The number of piperidine rings is 1. The Kier molecular flexibility index (Phi) is 5.92. The Morgan fingerprint density at radius 2 is 2.04 bits per heavy atom. The fraction of sp³-hybridized carbons (Fsp3) is 0.444. The first-order valence-electron chi connectivity index (χ1n) is 8.73. The first-order valence-corrected chi connectivity index (χ1v) is 9.61. The Morgan fingerprint density at radius 3 is 2.77 bits per heavy atom. The molecular formula is C18H22N4O3S. The molecular weight excluding hydrogens is 352 g/mol. The van der Waals surface area contributed by atoms with Crippen molar-refractivity contribution in [2.75, 3.05) is 25.5 Å². The Bertz CT molecular complexity index is 744. The van der Waals surface area contributed by atoms with Crippen LogP contribution < -0.4 is 10.6 Å². The minimum atomic E-state index is -0.478. The molecule has 26 heavy (non-hydrogen) atoms. The molecule has 1 aromatic rings. The van der Waals surface area contributed by atoms with Gasteiger partial charge in [0.2, 0.25) is 5.91 Å². The summed E-state index contributed by atoms with van der Waals surface area (Å²) in [5.74, 6) is -0.730. The lowest BCUT2D eigenvalue weighted by atomic mass is 10.1. The number of amidine groups is 1. The van der Waals surface area contributed by atoms with Crippen LogP contribution in [0.5, 0.6) is 0 Å². The largest absolute Gasteiger partial charge is 0.355 e. The molecule has 1 saturated heterocycles. The molecule has 138 valence electrons. The smallest absolute Gasteiger partial charge is 0.262 e. The number of benzene rings is 1. The van der Waals surface area contributed by atoms with E-state index in [1.165, 1.54) is 18.2 Å². The van der Waals surface area contributed by atoms with Gasteiger partial charge in [0, 0.05) is 37.8 Å². The summed E-state index contributed by atoms with van der Waals surface area (Å²) in [5.41, 5.74) is 0.996. The minimum Gasteiger partial charge on any atom is -0.355 e. The Hall–Kier alpha value is -2.35. The van der Waals surface area contributed by atoms with E-state index in [0.717, 1.165) is 31.1 Å². The molecule has 3 rings (SSSR count). The summed E-state index contributed by atoms with van der Waals surface area (Å²) in [6.45, 7) is 1.84. The van der Waals surface area contributed by atoms with Crippen LogP contribution in [-0.2, 0) is 9.59 Å². The fourth-order valence-electron chi connectivity index (χ4n) is 2.99. The van der Waals surface area contributed by atoms with Crippen molar-refractivity contribution in [2.24, 2.45) is 4.99 Å². The van der Waals surface area contributed by atoms with E-state index in [2.05, 4.69) is 20.5 Å². The predicted octanol–water partition coefficient (Wildman–Crippen LogP) is 1.86. The van der Waals surface area contributed by atoms with Gasteiger partial charge in [0.25, 0.3) is 11.8 Å². The molecule has 1 atom stereocenters. The zero-order chi connectivity index (χ0) is 18.5. The number of rotatable bonds is 4. The van der Waals surface area contributed by atoms with Gasteiger partial charge in [0.05, 0.1) is 0 Å². The molecule has 2 aliphatic heterocycles. The molecule has 0 spiro atoms. The van der Waals surface area contributed by atoms with Gasteiger partial charge in [-0.25, -0.2) is 0 Å². The van der Waals surface area contributed by atoms with Gasteiger partial charge >= 0.3 is 0 Å². The maximum atomic E-state index is 12.3. The number of carbonyl (C=O) groups excluding carboxylic acids is 3. The van der Waals surface area contributed by atoms with E-state index in [1.54, 1.807) is 31.3 Å². The number of nitrogens with zero attached hydrogens (tertiary/aromatic N) is 2. The highest BCUT2D eigenvalue weighted by molar-refractivity contribution is 8.15. The molecule has 2 aliphatic rings. The van der Waals surface area contributed by atoms with Gasteiger partial charge in [-0.15, -0.1) is 0 Å². The van der Waals surface area contributed by atoms with Crippen molar-refractivity contribution < 1.29 is 14.4 Å². The van der Waals surface area contributed by atoms with Gasteiger partial charge < -0.3 is 15.5 Å². The Balaban J connectivity index is 1.56. The molecule has 7 nitrogen and oxygen atoms in total. The number of hydrogen-bond donors (Lipinski definition) is 2. The van der Waals surface area contributed by atoms with Crippen molar-refractivity contribution in [2.45, 2.75) is 30.9 Å². The molecule has 1 fully saturated rings. The number of amides is 3. The molecule has 0 bridgehead atoms. The van der Waals surface area contributed by atoms with Crippen LogP contribution in [0.3, 0.4) is 0 Å². The standard InChI is InChI=1S/C18H22N4O3S/c1-19-16(24)12-6-5-7-13(10-12)20-15(23)11-14-17(25)21-18(26-14)22-8-3-2-4-9-22/h5-7,10,14H,2-4,8-9,11H2,1H3,(H,19,24)(H,20,23)/t14-/m1/s1. The summed E-state index contributed by atoms with van der Waals surface area (Å²) in [7, 11) is 1.55. The lowest BCUT2D eigenvalue weighted by molar-refractivity contribution is -0.121. The lowest BCUT2D eigenvalue weighted by Crippen LogP contribution is -2.33. The van der Waals surface area contributed by atoms with Crippen LogP contribution in [0.2, 0.25) is 0 Å². The number of likely N-dealkylation sites (tertiary alicyclic amines) is 1. The third-order valence-corrected chi connectivity index (χ3v) is 5.58. The Labute approximate surface area is 156 Å². The van der Waals surface area contributed by atoms with Crippen LogP contribution >= 0.6 is 11.8 Å². The van der Waals surface area contributed by atoms with Crippen molar-refractivity contribution >= 4 is 40.3 Å². The van der Waals surface area contributed by atoms with Crippen molar-refractivity contribution in [3.05, 3.63) is 29.8 Å². The fourth-order valence-corrected chi connectivity index (χ4v) is 4.11. The monoisotopic (exact) mass is 374 g/mol. The summed E-state index contributed by atoms with van der Waals surface area (Å²) in [6.07, 6.45) is 3.50. The Morgan fingerprint density at radius 1 is 1.27 bits per heavy atom. The van der Waals surface area contributed by atoms with Crippen LogP contribution in [-0.4, -0.2) is 53.2 Å². The highest BCUT2D eigenvalue weighted by Gasteiger charge is 2.33. The average Bonchev–Trinajstić information content (AvgIpc) is 3.02. The maximum Gasteiger partial charge on any atom is 0.262 e. The quantitative estimate of drug-likeness (QED) is 0.839. The summed E-state index contributed by atoms with van der Waals surface area (Å²) >= 11 is 1.38. The number of anilines is 1. The lowest BCUT2D eigenvalue weighted by Gasteiger charge is -2.27. The SMILES string of the molecule is CNC(=O)c1cccc(NC(=O)C[C@H]2SC(N3CCCCC3)=NC2=O)c1. The maximum absolute atomic E-state index is 12.3. The van der Waals surface area contributed by atoms with E-state index in [4.69, 9.17) is 0 Å². The highest BCUT2D eigenvalue weighted by Crippen LogP contribution is 2.29. The average molecular weight is 374 g/mol. The predicted molar refractivity (Wildman–Crippen MR) is 102 cm³/mol. The van der Waals surface area contributed by atoms with Gasteiger partial charge in [0.1, 0.15) is 5.25 Å². The third-order valence-electron chi connectivity index (χ3n) is 4.36. The van der Waals surface area contributed by atoms with Crippen molar-refractivity contribution in [3.63, 3.8) is 0 Å². The van der Waals surface area contributed by atoms with Crippen LogP contribution in [0.15, 0.2) is 29.3 Å². The summed E-state index contributed by atoms with van der Waals surface area (Å²) < 4.78 is 0. The van der Waals surface area contributed by atoms with Gasteiger partial charge in [-0.2, -0.15) is 4.99 Å². The van der Waals surface area contributed by atoms with Gasteiger partial charge in [0.15, 0.2) is 5.17 Å². The molecule has 0 unspecified atom stereocenters. The van der Waals surface area contributed by atoms with E-state index in [-0.39, 0.29) is 24.1 Å². The first-order chi connectivity index (χ1) is 12.6. The van der Waals surface area contributed by atoms with E-state index < -0.39 is 5.25 Å². The highest BCUT2D eigenvalue weighted by atomic mass is 32.2. The minimum absolute atomic E-state index is 0.0640. The molecule has 2 heterocycles. The molecule has 0 saturated carbocycles. The second kappa shape index (κ2) is 8.35. The molecule has 1 aromatic carbocycles. The van der Waals surface area contributed by atoms with Crippen molar-refractivity contribution in [1.29, 1.82) is 0 Å². The van der Waals surface area contributed by atoms with Gasteiger partial charge in [-0.1, -0.05) is 17.8 Å². The zero-order valence-electron chi connectivity index (χ0n) is 14.7. The van der Waals surface area contributed by atoms with Gasteiger partial charge in [-0.3, -0.25) is 14.4 Å². The van der Waals surface area contributed by atoms with E-state index >= 15 is 0 Å². The normalized spacial score (nSPS) is 19.9. The number of thioether (sulfide) groups is 1. The number of aliphatic imine (C=N–C) groups is 1. The summed E-state index contributed by atoms with van der Waals surface area (Å²) in [6, 6.07) is 6.69. The second-order valence-corrected chi connectivity index (χ2v) is 7.47. The molecule has 2 N–H and O–H groups in total. The number of carbonyl (C=O) groups is 3. The molecule has 0 radical (unpaired) electrons. The molecule has 3 amide bonds. The van der Waals surface area contributed by atoms with Crippen molar-refractivity contribution in [3.8, 4) is 0 Å². The number of hydrogen-bond acceptors (Lipinski definition) is 5. The topological polar surface area (TPSA) is 90.9 Å². The van der Waals surface area contributed by atoms with Crippen LogP contribution in [0.25, 0.3) is 0 Å². The molecule has 0 aliphatic carbocycles. The first kappa shape index (κ1) is 18.4. The molecule has 0 aromatic heterocycles. The van der Waals surface area contributed by atoms with Crippen LogP contribution in [0.4, 0.5) is 5.69 Å². The van der Waals surface area contributed by atoms with E-state index in [1.807, 2.05) is 0 Å². The zero-order valence-corrected chi connectivity index (χ0v) is 15.5. The van der Waals surface area contributed by atoms with Crippen LogP contribution in [0, 0.1) is 0 Å². The van der Waals surface area contributed by atoms with E-state index in [9.17, 15) is 14.4 Å². The van der Waals surface area contributed by atoms with Crippen LogP contribution in [0.1, 0.15) is 36.0 Å². The summed E-state index contributed by atoms with van der Waals surface area (Å²) in [5, 5.41) is 5.56. The summed E-state index contributed by atoms with van der Waals surface area (Å²) in [4.78, 5) is 42.4. The van der Waals surface area contributed by atoms with Crippen molar-refractivity contribution in [1.82, 2.24) is 10.2 Å². The van der Waals surface area contributed by atoms with E-state index in [0.29, 0.717) is 11.3 Å². The second-order valence-electron chi connectivity index (χ2n) is 6.30. The third kappa shape index (κ3) is 4.43. The number of nitrogens with one attached hydrogen (secondary N) is 2. The van der Waals surface area contributed by atoms with Gasteiger partial charge in [-0.05, 0) is 37.5 Å².